The van der Waals surface area contributed by atoms with Crippen LogP contribution >= 0.6 is 11.3 Å². The van der Waals surface area contributed by atoms with Crippen LogP contribution in [0.4, 0.5) is 18.9 Å². The van der Waals surface area contributed by atoms with Crippen molar-refractivity contribution >= 4 is 27.0 Å². The maximum Gasteiger partial charge on any atom is 0.451 e. The Bertz CT molecular complexity index is 1020. The SMILES string of the molecule is CCS(=O)(=O)N(Cc1ncc(-c2nnc(C(F)(F)F)[nH]2)s1)c1ccccc1. The molecule has 0 aliphatic heterocycles. The molecule has 0 unspecified atom stereocenters. The third-order valence-electron chi connectivity index (χ3n) is 3.57. The van der Waals surface area contributed by atoms with E-state index >= 15 is 0 Å². The molecule has 2 aromatic heterocycles. The molecule has 0 saturated heterocycles. The first-order valence-corrected chi connectivity index (χ1v) is 10.1. The zero-order valence-corrected chi connectivity index (χ0v) is 15.6. The summed E-state index contributed by atoms with van der Waals surface area (Å²) in [5.41, 5.74) is 0.482. The summed E-state index contributed by atoms with van der Waals surface area (Å²) in [7, 11) is -3.57. The average Bonchev–Trinajstić information content (AvgIpc) is 3.29. The van der Waals surface area contributed by atoms with E-state index in [1.807, 2.05) is 0 Å². The number of nitrogens with zero attached hydrogens (tertiary/aromatic N) is 4. The minimum absolute atomic E-state index is 0.0366. The molecule has 2 heterocycles. The van der Waals surface area contributed by atoms with Crippen LogP contribution in [0.1, 0.15) is 17.8 Å². The van der Waals surface area contributed by atoms with Crippen molar-refractivity contribution in [3.05, 3.63) is 47.4 Å². The Morgan fingerprint density at radius 3 is 2.48 bits per heavy atom. The molecule has 144 valence electrons. The highest BCUT2D eigenvalue weighted by atomic mass is 32.2. The first-order chi connectivity index (χ1) is 12.7. The number of benzene rings is 1. The van der Waals surface area contributed by atoms with Crippen molar-refractivity contribution in [1.29, 1.82) is 0 Å². The number of alkyl halides is 3. The fraction of sp³-hybridized carbons (Fsp3) is 0.267. The highest BCUT2D eigenvalue weighted by molar-refractivity contribution is 7.92. The molecule has 0 atom stereocenters. The topological polar surface area (TPSA) is 91.8 Å². The quantitative estimate of drug-likeness (QED) is 0.664. The summed E-state index contributed by atoms with van der Waals surface area (Å²) in [6, 6.07) is 8.52. The van der Waals surface area contributed by atoms with E-state index in [0.717, 1.165) is 11.3 Å². The molecule has 0 radical (unpaired) electrons. The Morgan fingerprint density at radius 2 is 1.89 bits per heavy atom. The van der Waals surface area contributed by atoms with Crippen LogP contribution in [-0.4, -0.2) is 34.3 Å². The minimum Gasteiger partial charge on any atom is -0.317 e. The summed E-state index contributed by atoms with van der Waals surface area (Å²) >= 11 is 1.04. The maximum atomic E-state index is 12.6. The molecule has 7 nitrogen and oxygen atoms in total. The number of thiazole rings is 1. The van der Waals surface area contributed by atoms with Crippen LogP contribution in [0.25, 0.3) is 10.7 Å². The number of aromatic nitrogens is 4. The second kappa shape index (κ2) is 7.27. The lowest BCUT2D eigenvalue weighted by atomic mass is 10.3. The van der Waals surface area contributed by atoms with Crippen LogP contribution in [0, 0.1) is 0 Å². The van der Waals surface area contributed by atoms with E-state index in [4.69, 9.17) is 0 Å². The average molecular weight is 417 g/mol. The normalized spacial score (nSPS) is 12.3. The van der Waals surface area contributed by atoms with E-state index in [2.05, 4.69) is 20.2 Å². The van der Waals surface area contributed by atoms with Gasteiger partial charge in [-0.1, -0.05) is 18.2 Å². The van der Waals surface area contributed by atoms with Crippen LogP contribution in [-0.2, 0) is 22.7 Å². The molecule has 0 saturated carbocycles. The van der Waals surface area contributed by atoms with Gasteiger partial charge in [-0.2, -0.15) is 13.2 Å². The Kier molecular flexibility index (Phi) is 5.20. The molecule has 3 rings (SSSR count). The molecule has 3 aromatic rings. The van der Waals surface area contributed by atoms with Gasteiger partial charge in [-0.25, -0.2) is 13.4 Å². The van der Waals surface area contributed by atoms with Gasteiger partial charge in [0, 0.05) is 6.20 Å². The Morgan fingerprint density at radius 1 is 1.19 bits per heavy atom. The Labute approximate surface area is 156 Å². The van der Waals surface area contributed by atoms with Gasteiger partial charge in [0.15, 0.2) is 5.82 Å². The third-order valence-corrected chi connectivity index (χ3v) is 6.30. The highest BCUT2D eigenvalue weighted by Gasteiger charge is 2.35. The van der Waals surface area contributed by atoms with Gasteiger partial charge in [0.1, 0.15) is 5.01 Å². The first-order valence-electron chi connectivity index (χ1n) is 7.71. The lowest BCUT2D eigenvalue weighted by Crippen LogP contribution is -2.31. The van der Waals surface area contributed by atoms with Crippen LogP contribution in [0.15, 0.2) is 36.5 Å². The molecule has 1 N–H and O–H groups in total. The molecule has 0 fully saturated rings. The predicted octanol–water partition coefficient (Wildman–Crippen LogP) is 3.30. The number of halogens is 3. The summed E-state index contributed by atoms with van der Waals surface area (Å²) in [4.78, 5) is 6.55. The molecule has 12 heteroatoms. The Balaban J connectivity index is 1.88. The molecule has 0 bridgehead atoms. The minimum atomic E-state index is -4.63. The number of H-pyrrole nitrogens is 1. The van der Waals surface area contributed by atoms with Gasteiger partial charge in [-0.15, -0.1) is 21.5 Å². The number of nitrogens with one attached hydrogen (secondary N) is 1. The van der Waals surface area contributed by atoms with Crippen molar-refractivity contribution in [2.45, 2.75) is 19.6 Å². The summed E-state index contributed by atoms with van der Waals surface area (Å²) in [6.45, 7) is 1.50. The molecule has 0 aliphatic carbocycles. The summed E-state index contributed by atoms with van der Waals surface area (Å²) < 4.78 is 64.0. The van der Waals surface area contributed by atoms with Crippen LogP contribution in [0.3, 0.4) is 0 Å². The third kappa shape index (κ3) is 4.27. The summed E-state index contributed by atoms with van der Waals surface area (Å²) in [5.74, 6) is -1.38. The summed E-state index contributed by atoms with van der Waals surface area (Å²) in [6.07, 6.45) is -3.29. The zero-order valence-electron chi connectivity index (χ0n) is 13.9. The van der Waals surface area contributed by atoms with Crippen molar-refractivity contribution in [2.75, 3.05) is 10.1 Å². The van der Waals surface area contributed by atoms with E-state index in [0.29, 0.717) is 15.6 Å². The molecule has 0 amide bonds. The molecule has 1 aromatic carbocycles. The van der Waals surface area contributed by atoms with Crippen molar-refractivity contribution in [2.24, 2.45) is 0 Å². The van der Waals surface area contributed by atoms with Gasteiger partial charge in [-0.05, 0) is 19.1 Å². The van der Waals surface area contributed by atoms with Crippen LogP contribution < -0.4 is 4.31 Å². The lowest BCUT2D eigenvalue weighted by molar-refractivity contribution is -0.144. The van der Waals surface area contributed by atoms with Crippen LogP contribution in [0.5, 0.6) is 0 Å². The molecule has 0 spiro atoms. The van der Waals surface area contributed by atoms with Gasteiger partial charge in [0.2, 0.25) is 15.8 Å². The number of rotatable bonds is 6. The van der Waals surface area contributed by atoms with E-state index < -0.39 is 22.0 Å². The smallest absolute Gasteiger partial charge is 0.317 e. The second-order valence-corrected chi connectivity index (χ2v) is 8.68. The van der Waals surface area contributed by atoms with Gasteiger partial charge in [0.25, 0.3) is 0 Å². The van der Waals surface area contributed by atoms with Crippen molar-refractivity contribution in [3.8, 4) is 10.7 Å². The van der Waals surface area contributed by atoms with Crippen LogP contribution in [0.2, 0.25) is 0 Å². The molecular formula is C15H14F3N5O2S2. The maximum absolute atomic E-state index is 12.6. The number of anilines is 1. The standard InChI is InChI=1S/C15H14F3N5O2S2/c1-2-27(24,25)23(10-6-4-3-5-7-10)9-12-19-8-11(26-12)13-20-14(22-21-13)15(16,17)18/h3-8H,2,9H2,1H3,(H,20,21,22). The largest absolute Gasteiger partial charge is 0.451 e. The lowest BCUT2D eigenvalue weighted by Gasteiger charge is -2.22. The number of hydrogen-bond acceptors (Lipinski definition) is 6. The van der Waals surface area contributed by atoms with Gasteiger partial charge in [-0.3, -0.25) is 4.31 Å². The highest BCUT2D eigenvalue weighted by Crippen LogP contribution is 2.30. The van der Waals surface area contributed by atoms with E-state index in [1.54, 1.807) is 30.3 Å². The number of aromatic amines is 1. The van der Waals surface area contributed by atoms with Gasteiger partial charge >= 0.3 is 6.18 Å². The van der Waals surface area contributed by atoms with Crippen molar-refractivity contribution in [1.82, 2.24) is 20.2 Å². The van der Waals surface area contributed by atoms with Crippen molar-refractivity contribution in [3.63, 3.8) is 0 Å². The van der Waals surface area contributed by atoms with Gasteiger partial charge in [0.05, 0.1) is 22.9 Å². The molecule has 0 aliphatic rings. The fourth-order valence-electron chi connectivity index (χ4n) is 2.22. The van der Waals surface area contributed by atoms with E-state index in [1.165, 1.54) is 17.4 Å². The number of hydrogen-bond donors (Lipinski definition) is 1. The number of sulfonamides is 1. The molecule has 27 heavy (non-hydrogen) atoms. The van der Waals surface area contributed by atoms with E-state index in [9.17, 15) is 21.6 Å². The second-order valence-electron chi connectivity index (χ2n) is 5.38. The first kappa shape index (κ1) is 19.3. The molecular weight excluding hydrogens is 403 g/mol. The van der Waals surface area contributed by atoms with E-state index in [-0.39, 0.29) is 18.1 Å². The summed E-state index contributed by atoms with van der Waals surface area (Å²) in [5, 5.41) is 6.97. The number of para-hydroxylation sites is 1. The fourth-order valence-corrected chi connectivity index (χ4v) is 4.22. The van der Waals surface area contributed by atoms with Gasteiger partial charge < -0.3 is 4.98 Å². The van der Waals surface area contributed by atoms with Crippen molar-refractivity contribution < 1.29 is 21.6 Å². The Hall–Kier alpha value is -2.47. The monoisotopic (exact) mass is 417 g/mol. The zero-order chi connectivity index (χ0) is 19.7. The predicted molar refractivity (Wildman–Crippen MR) is 94.6 cm³/mol.